The molecule has 106 valence electrons. The van der Waals surface area contributed by atoms with Crippen LogP contribution in [0.3, 0.4) is 0 Å². The van der Waals surface area contributed by atoms with E-state index < -0.39 is 6.09 Å². The third kappa shape index (κ3) is 2.22. The van der Waals surface area contributed by atoms with Crippen molar-refractivity contribution in [1.29, 1.82) is 0 Å². The lowest BCUT2D eigenvalue weighted by Gasteiger charge is -2.07. The van der Waals surface area contributed by atoms with E-state index in [1.54, 1.807) is 0 Å². The van der Waals surface area contributed by atoms with Gasteiger partial charge < -0.3 is 20.8 Å². The van der Waals surface area contributed by atoms with E-state index in [0.29, 0.717) is 17.2 Å². The van der Waals surface area contributed by atoms with Crippen molar-refractivity contribution >= 4 is 17.1 Å². The van der Waals surface area contributed by atoms with Crippen molar-refractivity contribution in [3.63, 3.8) is 0 Å². The fraction of sp³-hybridized carbons (Fsp3) is 0.429. The minimum atomic E-state index is -0.806. The largest absolute Gasteiger partial charge is 0.410 e. The highest BCUT2D eigenvalue weighted by Crippen LogP contribution is 2.31. The topological polar surface area (TPSA) is 93.0 Å². The first-order chi connectivity index (χ1) is 9.69. The van der Waals surface area contributed by atoms with Crippen molar-refractivity contribution in [3.05, 3.63) is 23.5 Å². The number of ether oxygens (including phenoxy) is 1. The summed E-state index contributed by atoms with van der Waals surface area (Å²) in [5.74, 6) is 1.80. The molecule has 1 atom stereocenters. The molecule has 20 heavy (non-hydrogen) atoms. The maximum Gasteiger partial charge on any atom is 0.410 e. The highest BCUT2D eigenvalue weighted by atomic mass is 16.5. The number of carbonyl (C=O) groups excluding carboxylic acids is 1. The number of fused-ring (bicyclic) bond motifs is 1. The second kappa shape index (κ2) is 5.13. The molecule has 0 saturated carbocycles. The maximum atomic E-state index is 11.1. The average molecular weight is 274 g/mol. The van der Waals surface area contributed by atoms with E-state index in [2.05, 4.69) is 15.3 Å². The third-order valence-corrected chi connectivity index (χ3v) is 3.74. The number of primary amides is 1. The number of benzene rings is 1. The Bertz CT molecular complexity index is 644. The first kappa shape index (κ1) is 12.9. The number of nitrogens with zero attached hydrogens (tertiary/aromatic N) is 1. The van der Waals surface area contributed by atoms with Gasteiger partial charge in [0.05, 0.1) is 5.52 Å². The predicted molar refractivity (Wildman–Crippen MR) is 75.9 cm³/mol. The number of nitrogens with two attached hydrogens (primary N) is 1. The van der Waals surface area contributed by atoms with Gasteiger partial charge in [-0.05, 0) is 31.0 Å². The fourth-order valence-electron chi connectivity index (χ4n) is 2.69. The fourth-order valence-corrected chi connectivity index (χ4v) is 2.69. The van der Waals surface area contributed by atoms with Crippen LogP contribution in [0.15, 0.2) is 12.1 Å². The molecule has 1 amide bonds. The number of H-pyrrole nitrogens is 1. The quantitative estimate of drug-likeness (QED) is 0.793. The van der Waals surface area contributed by atoms with Gasteiger partial charge >= 0.3 is 6.09 Å². The molecular weight excluding hydrogens is 256 g/mol. The number of hydrogen-bond acceptors (Lipinski definition) is 4. The number of aryl methyl sites for hydroxylation is 1. The summed E-state index contributed by atoms with van der Waals surface area (Å²) in [5, 5.41) is 3.32. The SMILES string of the molecule is CCc1ccc2[nH]c(C3CCNC3)nc2c1OC(N)=O. The number of carbonyl (C=O) groups is 1. The summed E-state index contributed by atoms with van der Waals surface area (Å²) in [5.41, 5.74) is 7.65. The Morgan fingerprint density at radius 1 is 1.55 bits per heavy atom. The first-order valence-corrected chi connectivity index (χ1v) is 6.88. The molecule has 2 heterocycles. The van der Waals surface area contributed by atoms with Crippen molar-refractivity contribution < 1.29 is 9.53 Å². The molecule has 0 radical (unpaired) electrons. The number of rotatable bonds is 3. The Hall–Kier alpha value is -2.08. The summed E-state index contributed by atoms with van der Waals surface area (Å²) in [6.07, 6.45) is 1.01. The molecule has 4 N–H and O–H groups in total. The lowest BCUT2D eigenvalue weighted by atomic mass is 10.1. The summed E-state index contributed by atoms with van der Waals surface area (Å²) in [6.45, 7) is 3.93. The number of amides is 1. The standard InChI is InChI=1S/C14H18N4O2/c1-2-8-3-4-10-11(12(8)20-14(15)19)18-13(17-10)9-5-6-16-7-9/h3-4,9,16H,2,5-7H2,1H3,(H2,15,19)(H,17,18). The molecule has 1 unspecified atom stereocenters. The van der Waals surface area contributed by atoms with Gasteiger partial charge in [0.25, 0.3) is 0 Å². The van der Waals surface area contributed by atoms with Crippen LogP contribution < -0.4 is 15.8 Å². The Kier molecular flexibility index (Phi) is 3.31. The van der Waals surface area contributed by atoms with E-state index in [4.69, 9.17) is 10.5 Å². The van der Waals surface area contributed by atoms with Gasteiger partial charge in [0.15, 0.2) is 5.75 Å². The van der Waals surface area contributed by atoms with Crippen molar-refractivity contribution in [2.24, 2.45) is 5.73 Å². The van der Waals surface area contributed by atoms with Gasteiger partial charge in [-0.2, -0.15) is 0 Å². The zero-order valence-electron chi connectivity index (χ0n) is 11.4. The second-order valence-electron chi connectivity index (χ2n) is 5.04. The second-order valence-corrected chi connectivity index (χ2v) is 5.04. The molecule has 1 aromatic heterocycles. The molecule has 3 rings (SSSR count). The predicted octanol–water partition coefficient (Wildman–Crippen LogP) is 1.66. The smallest absolute Gasteiger partial charge is 0.408 e. The molecule has 1 aromatic carbocycles. The van der Waals surface area contributed by atoms with Gasteiger partial charge in [-0.15, -0.1) is 0 Å². The first-order valence-electron chi connectivity index (χ1n) is 6.88. The van der Waals surface area contributed by atoms with E-state index in [1.807, 2.05) is 19.1 Å². The molecule has 0 spiro atoms. The summed E-state index contributed by atoms with van der Waals surface area (Å²) < 4.78 is 5.17. The molecule has 6 nitrogen and oxygen atoms in total. The highest BCUT2D eigenvalue weighted by Gasteiger charge is 2.22. The van der Waals surface area contributed by atoms with Crippen molar-refractivity contribution in [2.75, 3.05) is 13.1 Å². The number of aromatic nitrogens is 2. The highest BCUT2D eigenvalue weighted by molar-refractivity contribution is 5.86. The number of aromatic amines is 1. The van der Waals surface area contributed by atoms with Crippen molar-refractivity contribution in [1.82, 2.24) is 15.3 Å². The van der Waals surface area contributed by atoms with Crippen LogP contribution in [0.25, 0.3) is 11.0 Å². The Morgan fingerprint density at radius 2 is 2.40 bits per heavy atom. The summed E-state index contributed by atoms with van der Waals surface area (Å²) in [7, 11) is 0. The normalized spacial score (nSPS) is 18.6. The molecular formula is C14H18N4O2. The molecule has 1 aliphatic heterocycles. The molecule has 1 saturated heterocycles. The van der Waals surface area contributed by atoms with E-state index in [-0.39, 0.29) is 0 Å². The molecule has 1 aliphatic rings. The molecule has 2 aromatic rings. The summed E-state index contributed by atoms with van der Waals surface area (Å²) >= 11 is 0. The molecule has 1 fully saturated rings. The maximum absolute atomic E-state index is 11.1. The van der Waals surface area contributed by atoms with E-state index in [0.717, 1.165) is 42.8 Å². The minimum absolute atomic E-state index is 0.383. The Labute approximate surface area is 116 Å². The zero-order valence-corrected chi connectivity index (χ0v) is 11.4. The van der Waals surface area contributed by atoms with Crippen molar-refractivity contribution in [2.45, 2.75) is 25.7 Å². The average Bonchev–Trinajstić information content (AvgIpc) is 3.07. The van der Waals surface area contributed by atoms with Gasteiger partial charge in [0, 0.05) is 12.5 Å². The summed E-state index contributed by atoms with van der Waals surface area (Å²) in [6, 6.07) is 3.91. The van der Waals surface area contributed by atoms with Crippen LogP contribution in [0.1, 0.15) is 30.7 Å². The summed E-state index contributed by atoms with van der Waals surface area (Å²) in [4.78, 5) is 19.0. The van der Waals surface area contributed by atoms with E-state index >= 15 is 0 Å². The van der Waals surface area contributed by atoms with Crippen LogP contribution in [0.5, 0.6) is 5.75 Å². The van der Waals surface area contributed by atoms with Gasteiger partial charge in [-0.1, -0.05) is 13.0 Å². The van der Waals surface area contributed by atoms with Crippen LogP contribution in [0.4, 0.5) is 4.79 Å². The minimum Gasteiger partial charge on any atom is -0.408 e. The van der Waals surface area contributed by atoms with Gasteiger partial charge in [-0.25, -0.2) is 9.78 Å². The van der Waals surface area contributed by atoms with Gasteiger partial charge in [0.1, 0.15) is 11.3 Å². The third-order valence-electron chi connectivity index (χ3n) is 3.74. The number of nitrogens with one attached hydrogen (secondary N) is 2. The van der Waals surface area contributed by atoms with Crippen LogP contribution in [-0.4, -0.2) is 29.2 Å². The number of hydrogen-bond donors (Lipinski definition) is 3. The Balaban J connectivity index is 2.09. The van der Waals surface area contributed by atoms with Crippen LogP contribution >= 0.6 is 0 Å². The van der Waals surface area contributed by atoms with Crippen LogP contribution in [-0.2, 0) is 6.42 Å². The van der Waals surface area contributed by atoms with Gasteiger partial charge in [0.2, 0.25) is 0 Å². The number of imidazole rings is 1. The molecule has 6 heteroatoms. The van der Waals surface area contributed by atoms with Gasteiger partial charge in [-0.3, -0.25) is 0 Å². The lowest BCUT2D eigenvalue weighted by Crippen LogP contribution is -2.17. The van der Waals surface area contributed by atoms with Crippen LogP contribution in [0, 0.1) is 0 Å². The zero-order chi connectivity index (χ0) is 14.1. The van der Waals surface area contributed by atoms with Crippen LogP contribution in [0.2, 0.25) is 0 Å². The van der Waals surface area contributed by atoms with E-state index in [9.17, 15) is 4.79 Å². The Morgan fingerprint density at radius 3 is 3.05 bits per heavy atom. The molecule has 0 aliphatic carbocycles. The monoisotopic (exact) mass is 274 g/mol. The lowest BCUT2D eigenvalue weighted by molar-refractivity contribution is 0.211. The van der Waals surface area contributed by atoms with E-state index in [1.165, 1.54) is 0 Å². The van der Waals surface area contributed by atoms with Crippen molar-refractivity contribution in [3.8, 4) is 5.75 Å². The molecule has 0 bridgehead atoms.